The Kier molecular flexibility index (Phi) is 3.28. The molecule has 0 unspecified atom stereocenters. The Bertz CT molecular complexity index is 519. The van der Waals surface area contributed by atoms with Gasteiger partial charge in [0.05, 0.1) is 0 Å². The maximum Gasteiger partial charge on any atom is 0.281 e. The Hall–Kier alpha value is -2.03. The van der Waals surface area contributed by atoms with Crippen molar-refractivity contribution in [2.24, 2.45) is 0 Å². The zero-order valence-electron chi connectivity index (χ0n) is 9.10. The van der Waals surface area contributed by atoms with Crippen molar-refractivity contribution in [1.29, 1.82) is 0 Å². The van der Waals surface area contributed by atoms with E-state index in [4.69, 9.17) is 5.73 Å². The summed E-state index contributed by atoms with van der Waals surface area (Å²) in [4.78, 5) is 11.7. The molecular formula is C8H11N7OS. The van der Waals surface area contributed by atoms with E-state index >= 15 is 0 Å². The van der Waals surface area contributed by atoms with Crippen molar-refractivity contribution < 1.29 is 4.79 Å². The van der Waals surface area contributed by atoms with Crippen LogP contribution in [-0.2, 0) is 6.42 Å². The van der Waals surface area contributed by atoms with Crippen LogP contribution in [0.5, 0.6) is 0 Å². The Morgan fingerprint density at radius 3 is 2.94 bits per heavy atom. The topological polar surface area (TPSA) is 122 Å². The van der Waals surface area contributed by atoms with E-state index < -0.39 is 5.91 Å². The number of hydrogen-bond acceptors (Lipinski definition) is 7. The smallest absolute Gasteiger partial charge is 0.281 e. The number of rotatable bonds is 4. The van der Waals surface area contributed by atoms with Crippen LogP contribution in [0.1, 0.15) is 28.8 Å². The molecule has 90 valence electrons. The number of nitrogens with zero attached hydrogens (tertiary/aromatic N) is 4. The van der Waals surface area contributed by atoms with Crippen LogP contribution in [0.2, 0.25) is 0 Å². The van der Waals surface area contributed by atoms with Crippen molar-refractivity contribution in [2.45, 2.75) is 19.8 Å². The van der Waals surface area contributed by atoms with Crippen LogP contribution in [-0.4, -0.2) is 31.5 Å². The van der Waals surface area contributed by atoms with Crippen LogP contribution in [0, 0.1) is 0 Å². The van der Waals surface area contributed by atoms with Crippen LogP contribution < -0.4 is 11.1 Å². The fourth-order valence-corrected chi connectivity index (χ4v) is 2.02. The molecular weight excluding hydrogens is 242 g/mol. The van der Waals surface area contributed by atoms with E-state index in [9.17, 15) is 4.79 Å². The average molecular weight is 253 g/mol. The number of anilines is 2. The third-order valence-electron chi connectivity index (χ3n) is 1.94. The number of carbonyl (C=O) groups excluding carboxylic acids is 1. The number of nitrogen functional groups attached to an aromatic ring is 1. The van der Waals surface area contributed by atoms with Crippen LogP contribution in [0.3, 0.4) is 0 Å². The molecule has 9 heteroatoms. The molecule has 0 atom stereocenters. The lowest BCUT2D eigenvalue weighted by molar-refractivity contribution is 0.102. The number of nitrogens with one attached hydrogen (secondary N) is 2. The molecule has 4 N–H and O–H groups in total. The van der Waals surface area contributed by atoms with Crippen LogP contribution in [0.15, 0.2) is 0 Å². The molecule has 2 heterocycles. The van der Waals surface area contributed by atoms with E-state index in [0.717, 1.165) is 17.8 Å². The first-order valence-electron chi connectivity index (χ1n) is 5.00. The van der Waals surface area contributed by atoms with Crippen molar-refractivity contribution in [3.63, 3.8) is 0 Å². The highest BCUT2D eigenvalue weighted by Gasteiger charge is 2.16. The van der Waals surface area contributed by atoms with Crippen molar-refractivity contribution >= 4 is 28.2 Å². The molecule has 0 aliphatic rings. The van der Waals surface area contributed by atoms with Gasteiger partial charge < -0.3 is 5.73 Å². The van der Waals surface area contributed by atoms with Crippen molar-refractivity contribution in [3.05, 3.63) is 10.7 Å². The lowest BCUT2D eigenvalue weighted by atomic mass is 10.4. The molecule has 0 saturated carbocycles. The highest BCUT2D eigenvalue weighted by atomic mass is 32.1. The average Bonchev–Trinajstić information content (AvgIpc) is 2.88. The summed E-state index contributed by atoms with van der Waals surface area (Å²) in [6, 6.07) is 0. The van der Waals surface area contributed by atoms with Crippen LogP contribution >= 0.6 is 11.3 Å². The molecule has 17 heavy (non-hydrogen) atoms. The van der Waals surface area contributed by atoms with Gasteiger partial charge in [0.25, 0.3) is 5.91 Å². The van der Waals surface area contributed by atoms with Gasteiger partial charge in [-0.15, -0.1) is 20.4 Å². The predicted octanol–water partition coefficient (Wildman–Crippen LogP) is 0.443. The van der Waals surface area contributed by atoms with Crippen molar-refractivity contribution in [1.82, 2.24) is 25.6 Å². The zero-order chi connectivity index (χ0) is 12.3. The summed E-state index contributed by atoms with van der Waals surface area (Å²) in [6.07, 6.45) is 1.83. The third kappa shape index (κ3) is 2.56. The number of aryl methyl sites for hydroxylation is 1. The summed E-state index contributed by atoms with van der Waals surface area (Å²) < 4.78 is 0. The molecule has 0 aliphatic carbocycles. The molecule has 0 bridgehead atoms. The maximum absolute atomic E-state index is 11.7. The lowest BCUT2D eigenvalue weighted by Crippen LogP contribution is -2.14. The van der Waals surface area contributed by atoms with Gasteiger partial charge in [-0.1, -0.05) is 18.3 Å². The first kappa shape index (κ1) is 11.5. The molecule has 1 amide bonds. The van der Waals surface area contributed by atoms with Crippen LogP contribution in [0.25, 0.3) is 0 Å². The van der Waals surface area contributed by atoms with E-state index in [1.165, 1.54) is 11.3 Å². The highest BCUT2D eigenvalue weighted by molar-refractivity contribution is 7.15. The SMILES string of the molecule is CCCc1nnc(NC(=O)c2n[nH]nc2N)s1. The molecule has 0 spiro atoms. The number of amides is 1. The summed E-state index contributed by atoms with van der Waals surface area (Å²) >= 11 is 1.34. The minimum absolute atomic E-state index is 0.0530. The van der Waals surface area contributed by atoms with E-state index in [1.807, 2.05) is 0 Å². The Morgan fingerprint density at radius 1 is 1.47 bits per heavy atom. The first-order valence-corrected chi connectivity index (χ1v) is 5.82. The molecule has 2 aromatic heterocycles. The van der Waals surface area contributed by atoms with Gasteiger partial charge >= 0.3 is 0 Å². The van der Waals surface area contributed by atoms with Gasteiger partial charge in [0.1, 0.15) is 5.01 Å². The number of carbonyl (C=O) groups is 1. The monoisotopic (exact) mass is 253 g/mol. The van der Waals surface area contributed by atoms with Gasteiger partial charge in [-0.25, -0.2) is 0 Å². The highest BCUT2D eigenvalue weighted by Crippen LogP contribution is 2.17. The second-order valence-corrected chi connectivity index (χ2v) is 4.32. The third-order valence-corrected chi connectivity index (χ3v) is 2.84. The normalized spacial score (nSPS) is 10.4. The van der Waals surface area contributed by atoms with Gasteiger partial charge in [-0.2, -0.15) is 5.21 Å². The van der Waals surface area contributed by atoms with Gasteiger partial charge in [0, 0.05) is 6.42 Å². The summed E-state index contributed by atoms with van der Waals surface area (Å²) in [6.45, 7) is 2.05. The summed E-state index contributed by atoms with van der Waals surface area (Å²) in [7, 11) is 0. The molecule has 0 saturated heterocycles. The predicted molar refractivity (Wildman–Crippen MR) is 62.7 cm³/mol. The number of hydrogen-bond donors (Lipinski definition) is 3. The number of H-pyrrole nitrogens is 1. The van der Waals surface area contributed by atoms with E-state index in [0.29, 0.717) is 5.13 Å². The lowest BCUT2D eigenvalue weighted by Gasteiger charge is -1.96. The van der Waals surface area contributed by atoms with Crippen LogP contribution in [0.4, 0.5) is 10.9 Å². The van der Waals surface area contributed by atoms with Crippen molar-refractivity contribution in [2.75, 3.05) is 11.1 Å². The van der Waals surface area contributed by atoms with E-state index in [-0.39, 0.29) is 11.5 Å². The maximum atomic E-state index is 11.7. The summed E-state index contributed by atoms with van der Waals surface area (Å²) in [5.74, 6) is -0.392. The molecule has 2 rings (SSSR count). The van der Waals surface area contributed by atoms with E-state index in [1.54, 1.807) is 0 Å². The molecule has 2 aromatic rings. The molecule has 0 aliphatic heterocycles. The second kappa shape index (κ2) is 4.87. The number of aromatic nitrogens is 5. The van der Waals surface area contributed by atoms with Gasteiger partial charge in [0.15, 0.2) is 11.5 Å². The minimum Gasteiger partial charge on any atom is -0.380 e. The number of aromatic amines is 1. The fraction of sp³-hybridized carbons (Fsp3) is 0.375. The zero-order valence-corrected chi connectivity index (χ0v) is 9.91. The Labute approximate surface area is 101 Å². The minimum atomic E-state index is -0.449. The standard InChI is InChI=1S/C8H11N7OS/c1-2-3-4-11-14-8(17-4)10-7(16)5-6(9)13-15-12-5/h2-3H2,1H3,(H,10,14,16)(H3,9,12,13,15). The van der Waals surface area contributed by atoms with E-state index in [2.05, 4.69) is 37.8 Å². The molecule has 0 fully saturated rings. The Balaban J connectivity index is 2.05. The fourth-order valence-electron chi connectivity index (χ4n) is 1.18. The molecule has 8 nitrogen and oxygen atoms in total. The quantitative estimate of drug-likeness (QED) is 0.726. The first-order chi connectivity index (χ1) is 8.20. The van der Waals surface area contributed by atoms with Gasteiger partial charge in [-0.05, 0) is 6.42 Å². The summed E-state index contributed by atoms with van der Waals surface area (Å²) in [5, 5.41) is 21.1. The largest absolute Gasteiger partial charge is 0.380 e. The van der Waals surface area contributed by atoms with Gasteiger partial charge in [0.2, 0.25) is 5.13 Å². The van der Waals surface area contributed by atoms with Gasteiger partial charge in [-0.3, -0.25) is 10.1 Å². The Morgan fingerprint density at radius 2 is 2.29 bits per heavy atom. The second-order valence-electron chi connectivity index (χ2n) is 3.26. The number of nitrogens with two attached hydrogens (primary N) is 1. The molecule has 0 aromatic carbocycles. The molecule has 0 radical (unpaired) electrons. The van der Waals surface area contributed by atoms with Crippen molar-refractivity contribution in [3.8, 4) is 0 Å². The summed E-state index contributed by atoms with van der Waals surface area (Å²) in [5.41, 5.74) is 5.50.